The van der Waals surface area contributed by atoms with E-state index in [0.29, 0.717) is 11.6 Å². The third-order valence-electron chi connectivity index (χ3n) is 1.86. The summed E-state index contributed by atoms with van der Waals surface area (Å²) in [5, 5.41) is 8.79. The molecule has 1 aromatic heterocycles. The lowest BCUT2D eigenvalue weighted by Crippen LogP contribution is -1.96. The minimum atomic E-state index is -0.992. The van der Waals surface area contributed by atoms with Crippen LogP contribution in [0.4, 0.5) is 0 Å². The second-order valence-electron chi connectivity index (χ2n) is 2.98. The molecule has 5 nitrogen and oxygen atoms in total. The molecule has 0 unspecified atom stereocenters. The highest BCUT2D eigenvalue weighted by Crippen LogP contribution is 2.19. The molecule has 2 rings (SSSR count). The van der Waals surface area contributed by atoms with Crippen LogP contribution in [0.25, 0.3) is 0 Å². The first-order valence-electron chi connectivity index (χ1n) is 4.53. The summed E-state index contributed by atoms with van der Waals surface area (Å²) in [6, 6.07) is 7.79. The normalized spacial score (nSPS) is 9.75. The maximum atomic E-state index is 10.7. The van der Waals surface area contributed by atoms with Gasteiger partial charge in [-0.3, -0.25) is 0 Å². The van der Waals surface area contributed by atoms with Crippen LogP contribution < -0.4 is 4.74 Å². The molecule has 80 valence electrons. The van der Waals surface area contributed by atoms with E-state index in [1.54, 1.807) is 24.4 Å². The maximum absolute atomic E-state index is 10.7. The fourth-order valence-corrected chi connectivity index (χ4v) is 1.15. The average molecular weight is 216 g/mol. The first-order valence-corrected chi connectivity index (χ1v) is 4.53. The quantitative estimate of drug-likeness (QED) is 0.849. The van der Waals surface area contributed by atoms with Crippen LogP contribution in [-0.2, 0) is 0 Å². The SMILES string of the molecule is O=C(O)c1cccc(Oc2ccncn2)c1. The minimum absolute atomic E-state index is 0.173. The van der Waals surface area contributed by atoms with Crippen LogP contribution in [-0.4, -0.2) is 21.0 Å². The Labute approximate surface area is 91.4 Å². The fourth-order valence-electron chi connectivity index (χ4n) is 1.15. The van der Waals surface area contributed by atoms with Gasteiger partial charge in [0, 0.05) is 12.3 Å². The number of hydrogen-bond acceptors (Lipinski definition) is 4. The number of hydrogen-bond donors (Lipinski definition) is 1. The number of carboxylic acids is 1. The van der Waals surface area contributed by atoms with E-state index in [0.717, 1.165) is 0 Å². The van der Waals surface area contributed by atoms with Crippen molar-refractivity contribution >= 4 is 5.97 Å². The number of carbonyl (C=O) groups is 1. The predicted octanol–water partition coefficient (Wildman–Crippen LogP) is 1.97. The lowest BCUT2D eigenvalue weighted by molar-refractivity contribution is 0.0696. The van der Waals surface area contributed by atoms with Gasteiger partial charge in [-0.05, 0) is 18.2 Å². The van der Waals surface area contributed by atoms with Crippen LogP contribution >= 0.6 is 0 Å². The Morgan fingerprint density at radius 3 is 2.88 bits per heavy atom. The van der Waals surface area contributed by atoms with Crippen LogP contribution in [0.1, 0.15) is 10.4 Å². The molecule has 0 saturated carbocycles. The Balaban J connectivity index is 2.22. The van der Waals surface area contributed by atoms with Gasteiger partial charge in [0.2, 0.25) is 5.88 Å². The number of aromatic nitrogens is 2. The smallest absolute Gasteiger partial charge is 0.335 e. The van der Waals surface area contributed by atoms with Crippen molar-refractivity contribution in [3.8, 4) is 11.6 Å². The van der Waals surface area contributed by atoms with E-state index in [2.05, 4.69) is 9.97 Å². The van der Waals surface area contributed by atoms with Gasteiger partial charge < -0.3 is 9.84 Å². The van der Waals surface area contributed by atoms with Crippen molar-refractivity contribution in [2.45, 2.75) is 0 Å². The van der Waals surface area contributed by atoms with Gasteiger partial charge >= 0.3 is 5.97 Å². The highest BCUT2D eigenvalue weighted by Gasteiger charge is 2.04. The van der Waals surface area contributed by atoms with Crippen molar-refractivity contribution < 1.29 is 14.6 Å². The van der Waals surface area contributed by atoms with Gasteiger partial charge in [-0.1, -0.05) is 6.07 Å². The lowest BCUT2D eigenvalue weighted by atomic mass is 10.2. The predicted molar refractivity (Wildman–Crippen MR) is 55.5 cm³/mol. The Morgan fingerprint density at radius 2 is 2.19 bits per heavy atom. The van der Waals surface area contributed by atoms with Gasteiger partial charge in [0.1, 0.15) is 12.1 Å². The van der Waals surface area contributed by atoms with Gasteiger partial charge in [0.15, 0.2) is 0 Å². The highest BCUT2D eigenvalue weighted by atomic mass is 16.5. The third kappa shape index (κ3) is 2.33. The lowest BCUT2D eigenvalue weighted by Gasteiger charge is -2.04. The third-order valence-corrected chi connectivity index (χ3v) is 1.86. The van der Waals surface area contributed by atoms with Crippen molar-refractivity contribution in [3.05, 3.63) is 48.4 Å². The number of rotatable bonds is 3. The molecule has 0 fully saturated rings. The second-order valence-corrected chi connectivity index (χ2v) is 2.98. The van der Waals surface area contributed by atoms with Gasteiger partial charge in [-0.15, -0.1) is 0 Å². The molecular weight excluding hydrogens is 208 g/mol. The summed E-state index contributed by atoms with van der Waals surface area (Å²) >= 11 is 0. The largest absolute Gasteiger partial charge is 0.478 e. The first kappa shape index (κ1) is 10.1. The summed E-state index contributed by atoms with van der Waals surface area (Å²) in [5.74, 6) is -0.190. The molecule has 1 heterocycles. The minimum Gasteiger partial charge on any atom is -0.478 e. The Bertz CT molecular complexity index is 500. The molecule has 0 amide bonds. The zero-order valence-corrected chi connectivity index (χ0v) is 8.20. The van der Waals surface area contributed by atoms with Crippen molar-refractivity contribution in [3.63, 3.8) is 0 Å². The summed E-state index contributed by atoms with van der Waals surface area (Å²) < 4.78 is 5.35. The summed E-state index contributed by atoms with van der Waals surface area (Å²) in [7, 11) is 0. The summed E-state index contributed by atoms with van der Waals surface area (Å²) in [6.45, 7) is 0. The van der Waals surface area contributed by atoms with Crippen molar-refractivity contribution in [1.82, 2.24) is 9.97 Å². The molecular formula is C11H8N2O3. The molecule has 0 radical (unpaired) electrons. The van der Waals surface area contributed by atoms with Gasteiger partial charge in [0.25, 0.3) is 0 Å². The van der Waals surface area contributed by atoms with Crippen molar-refractivity contribution in [2.24, 2.45) is 0 Å². The fraction of sp³-hybridized carbons (Fsp3) is 0. The zero-order chi connectivity index (χ0) is 11.4. The van der Waals surface area contributed by atoms with Crippen LogP contribution in [0.2, 0.25) is 0 Å². The van der Waals surface area contributed by atoms with Crippen LogP contribution in [0.15, 0.2) is 42.9 Å². The van der Waals surface area contributed by atoms with Crippen molar-refractivity contribution in [2.75, 3.05) is 0 Å². The van der Waals surface area contributed by atoms with E-state index >= 15 is 0 Å². The Hall–Kier alpha value is -2.43. The molecule has 0 aliphatic carbocycles. The summed E-state index contributed by atoms with van der Waals surface area (Å²) in [5.41, 5.74) is 0.173. The molecule has 16 heavy (non-hydrogen) atoms. The van der Waals surface area contributed by atoms with E-state index in [1.165, 1.54) is 18.5 Å². The number of benzene rings is 1. The molecule has 0 saturated heterocycles. The van der Waals surface area contributed by atoms with E-state index in [9.17, 15) is 4.79 Å². The standard InChI is InChI=1S/C11H8N2O3/c14-11(15)8-2-1-3-9(6-8)16-10-4-5-12-7-13-10/h1-7H,(H,14,15). The van der Waals surface area contributed by atoms with E-state index in [4.69, 9.17) is 9.84 Å². The Morgan fingerprint density at radius 1 is 1.31 bits per heavy atom. The highest BCUT2D eigenvalue weighted by molar-refractivity contribution is 5.88. The molecule has 0 spiro atoms. The molecule has 1 aromatic carbocycles. The average Bonchev–Trinajstić information content (AvgIpc) is 2.30. The Kier molecular flexibility index (Phi) is 2.77. The van der Waals surface area contributed by atoms with E-state index in [-0.39, 0.29) is 5.56 Å². The second kappa shape index (κ2) is 4.39. The van der Waals surface area contributed by atoms with Gasteiger partial charge in [0.05, 0.1) is 5.56 Å². The van der Waals surface area contributed by atoms with Crippen molar-refractivity contribution in [1.29, 1.82) is 0 Å². The van der Waals surface area contributed by atoms with E-state index in [1.807, 2.05) is 0 Å². The topological polar surface area (TPSA) is 72.3 Å². The molecule has 0 aliphatic heterocycles. The molecule has 1 N–H and O–H groups in total. The summed E-state index contributed by atoms with van der Waals surface area (Å²) in [4.78, 5) is 18.3. The molecule has 0 bridgehead atoms. The van der Waals surface area contributed by atoms with E-state index < -0.39 is 5.97 Å². The molecule has 0 aliphatic rings. The van der Waals surface area contributed by atoms with Gasteiger partial charge in [-0.25, -0.2) is 14.8 Å². The molecule has 2 aromatic rings. The number of aromatic carboxylic acids is 1. The van der Waals surface area contributed by atoms with Gasteiger partial charge in [-0.2, -0.15) is 0 Å². The first-order chi connectivity index (χ1) is 7.75. The number of ether oxygens (including phenoxy) is 1. The maximum Gasteiger partial charge on any atom is 0.335 e. The zero-order valence-electron chi connectivity index (χ0n) is 8.20. The summed E-state index contributed by atoms with van der Waals surface area (Å²) in [6.07, 6.45) is 2.90. The molecule has 5 heteroatoms. The monoisotopic (exact) mass is 216 g/mol. The number of carboxylic acid groups (broad SMARTS) is 1. The van der Waals surface area contributed by atoms with Crippen LogP contribution in [0, 0.1) is 0 Å². The van der Waals surface area contributed by atoms with Crippen LogP contribution in [0.3, 0.4) is 0 Å². The molecule has 0 atom stereocenters. The van der Waals surface area contributed by atoms with Crippen LogP contribution in [0.5, 0.6) is 11.6 Å². The number of nitrogens with zero attached hydrogens (tertiary/aromatic N) is 2.